The summed E-state index contributed by atoms with van der Waals surface area (Å²) < 4.78 is 40.6. The van der Waals surface area contributed by atoms with E-state index in [2.05, 4.69) is 20.6 Å². The number of anilines is 2. The zero-order valence-corrected chi connectivity index (χ0v) is 18.2. The molecule has 32 heavy (non-hydrogen) atoms. The number of alkyl halides is 3. The first kappa shape index (κ1) is 22.0. The zero-order chi connectivity index (χ0) is 22.7. The molecule has 0 amide bonds. The number of nitrogens with zero attached hydrogens (tertiary/aromatic N) is 3. The zero-order valence-electron chi connectivity index (χ0n) is 17.4. The van der Waals surface area contributed by atoms with Crippen molar-refractivity contribution in [2.45, 2.75) is 32.1 Å². The van der Waals surface area contributed by atoms with Gasteiger partial charge in [-0.1, -0.05) is 54.6 Å². The van der Waals surface area contributed by atoms with Crippen molar-refractivity contribution in [3.63, 3.8) is 0 Å². The highest BCUT2D eigenvalue weighted by molar-refractivity contribution is 7.80. The number of halogens is 3. The quantitative estimate of drug-likeness (QED) is 0.532. The molecule has 1 aliphatic heterocycles. The van der Waals surface area contributed by atoms with Gasteiger partial charge in [0, 0.05) is 19.2 Å². The maximum atomic E-state index is 13.5. The molecule has 1 aromatic heterocycles. The van der Waals surface area contributed by atoms with E-state index < -0.39 is 11.9 Å². The van der Waals surface area contributed by atoms with Gasteiger partial charge in [0.05, 0.1) is 6.04 Å². The molecular formula is C23H22F3N5S. The number of aromatic nitrogens is 2. The van der Waals surface area contributed by atoms with Crippen molar-refractivity contribution in [1.29, 1.82) is 0 Å². The smallest absolute Gasteiger partial charge is 0.356 e. The average molecular weight is 458 g/mol. The van der Waals surface area contributed by atoms with Gasteiger partial charge in [-0.25, -0.2) is 4.98 Å². The Kier molecular flexibility index (Phi) is 6.27. The Balaban J connectivity index is 1.55. The van der Waals surface area contributed by atoms with Crippen LogP contribution in [0.25, 0.3) is 0 Å². The first-order valence-corrected chi connectivity index (χ1v) is 10.6. The van der Waals surface area contributed by atoms with E-state index in [9.17, 15) is 13.2 Å². The van der Waals surface area contributed by atoms with Crippen molar-refractivity contribution >= 4 is 29.1 Å². The Morgan fingerprint density at radius 2 is 1.72 bits per heavy atom. The lowest BCUT2D eigenvalue weighted by Crippen LogP contribution is -2.33. The van der Waals surface area contributed by atoms with Gasteiger partial charge in [0.25, 0.3) is 0 Å². The average Bonchev–Trinajstić information content (AvgIpc) is 2.78. The molecule has 2 heterocycles. The molecule has 5 nitrogen and oxygen atoms in total. The maximum absolute atomic E-state index is 13.5. The third kappa shape index (κ3) is 5.16. The van der Waals surface area contributed by atoms with Gasteiger partial charge in [0.15, 0.2) is 10.8 Å². The largest absolute Gasteiger partial charge is 0.433 e. The fourth-order valence-corrected chi connectivity index (χ4v) is 3.92. The lowest BCUT2D eigenvalue weighted by atomic mass is 10.00. The van der Waals surface area contributed by atoms with E-state index in [1.54, 1.807) is 0 Å². The van der Waals surface area contributed by atoms with Crippen LogP contribution in [-0.2, 0) is 19.1 Å². The van der Waals surface area contributed by atoms with E-state index in [0.717, 1.165) is 23.6 Å². The third-order valence-corrected chi connectivity index (χ3v) is 5.55. The Bertz CT molecular complexity index is 1100. The predicted octanol–water partition coefficient (Wildman–Crippen LogP) is 5.11. The number of benzene rings is 2. The summed E-state index contributed by atoms with van der Waals surface area (Å²) in [6.45, 7) is 2.96. The number of nitrogens with one attached hydrogen (secondary N) is 2. The van der Waals surface area contributed by atoms with Crippen LogP contribution in [0.15, 0.2) is 60.7 Å². The number of hydrogen-bond acceptors (Lipinski definition) is 4. The second kappa shape index (κ2) is 9.12. The van der Waals surface area contributed by atoms with Crippen LogP contribution in [0.5, 0.6) is 0 Å². The van der Waals surface area contributed by atoms with Crippen LogP contribution in [0.1, 0.15) is 35.3 Å². The number of hydrogen-bond donors (Lipinski definition) is 2. The summed E-state index contributed by atoms with van der Waals surface area (Å²) in [6.07, 6.45) is -3.87. The SMILES string of the molecule is CC(NC(=S)Nc1nc(N2CCc3ccccc3C2)cc(C(F)(F)F)n1)c1ccccc1. The van der Waals surface area contributed by atoms with Crippen molar-refractivity contribution in [3.8, 4) is 0 Å². The predicted molar refractivity (Wildman–Crippen MR) is 122 cm³/mol. The molecule has 0 aliphatic carbocycles. The van der Waals surface area contributed by atoms with Gasteiger partial charge >= 0.3 is 6.18 Å². The molecule has 0 fully saturated rings. The minimum absolute atomic E-state index is 0.139. The number of fused-ring (bicyclic) bond motifs is 1. The molecule has 4 rings (SSSR count). The van der Waals surface area contributed by atoms with Crippen LogP contribution in [-0.4, -0.2) is 21.6 Å². The molecule has 2 aromatic carbocycles. The van der Waals surface area contributed by atoms with Crippen molar-refractivity contribution in [1.82, 2.24) is 15.3 Å². The molecule has 1 atom stereocenters. The van der Waals surface area contributed by atoms with Crippen molar-refractivity contribution in [2.24, 2.45) is 0 Å². The summed E-state index contributed by atoms with van der Waals surface area (Å²) in [6, 6.07) is 18.4. The first-order chi connectivity index (χ1) is 15.3. The lowest BCUT2D eigenvalue weighted by molar-refractivity contribution is -0.141. The van der Waals surface area contributed by atoms with Gasteiger partial charge in [-0.05, 0) is 42.3 Å². The van der Waals surface area contributed by atoms with Crippen LogP contribution in [0.2, 0.25) is 0 Å². The van der Waals surface area contributed by atoms with Crippen LogP contribution in [0, 0.1) is 0 Å². The molecule has 1 aliphatic rings. The van der Waals surface area contributed by atoms with Gasteiger partial charge in [-0.2, -0.15) is 18.2 Å². The summed E-state index contributed by atoms with van der Waals surface area (Å²) >= 11 is 5.30. The Labute approximate surface area is 189 Å². The van der Waals surface area contributed by atoms with Crippen LogP contribution >= 0.6 is 12.2 Å². The van der Waals surface area contributed by atoms with Crippen LogP contribution in [0.4, 0.5) is 24.9 Å². The third-order valence-electron chi connectivity index (χ3n) is 5.33. The fraction of sp³-hybridized carbons (Fsp3) is 0.261. The van der Waals surface area contributed by atoms with Gasteiger partial charge < -0.3 is 15.5 Å². The monoisotopic (exact) mass is 457 g/mol. The van der Waals surface area contributed by atoms with Gasteiger partial charge in [0.1, 0.15) is 5.82 Å². The highest BCUT2D eigenvalue weighted by Gasteiger charge is 2.34. The van der Waals surface area contributed by atoms with E-state index in [1.807, 2.05) is 66.4 Å². The Hall–Kier alpha value is -3.20. The topological polar surface area (TPSA) is 53.1 Å². The van der Waals surface area contributed by atoms with E-state index >= 15 is 0 Å². The summed E-state index contributed by atoms with van der Waals surface area (Å²) in [5, 5.41) is 5.93. The first-order valence-electron chi connectivity index (χ1n) is 10.2. The van der Waals surface area contributed by atoms with Crippen LogP contribution < -0.4 is 15.5 Å². The molecule has 2 N–H and O–H groups in total. The highest BCUT2D eigenvalue weighted by atomic mass is 32.1. The lowest BCUT2D eigenvalue weighted by Gasteiger charge is -2.30. The number of rotatable bonds is 4. The standard InChI is InChI=1S/C23H22F3N5S/c1-15(16-7-3-2-4-8-16)27-22(32)30-21-28-19(23(24,25)26)13-20(29-21)31-12-11-17-9-5-6-10-18(17)14-31/h2-10,13,15H,11-12,14H2,1H3,(H2,27,28,29,30,32). The summed E-state index contributed by atoms with van der Waals surface area (Å²) in [5.41, 5.74) is 2.26. The van der Waals surface area contributed by atoms with Gasteiger partial charge in [-0.3, -0.25) is 0 Å². The highest BCUT2D eigenvalue weighted by Crippen LogP contribution is 2.32. The normalized spacial score (nSPS) is 14.4. The molecule has 0 radical (unpaired) electrons. The van der Waals surface area contributed by atoms with Crippen molar-refractivity contribution in [2.75, 3.05) is 16.8 Å². The molecule has 1 unspecified atom stereocenters. The molecule has 0 saturated heterocycles. The maximum Gasteiger partial charge on any atom is 0.433 e. The van der Waals surface area contributed by atoms with Gasteiger partial charge in [-0.15, -0.1) is 0 Å². The summed E-state index contributed by atoms with van der Waals surface area (Å²) in [7, 11) is 0. The second-order valence-corrected chi connectivity index (χ2v) is 8.01. The van der Waals surface area contributed by atoms with Crippen molar-refractivity contribution < 1.29 is 13.2 Å². The molecule has 0 spiro atoms. The van der Waals surface area contributed by atoms with Crippen molar-refractivity contribution in [3.05, 3.63) is 83.0 Å². The molecule has 9 heteroatoms. The molecule has 0 saturated carbocycles. The van der Waals surface area contributed by atoms with E-state index in [1.165, 1.54) is 5.56 Å². The summed E-state index contributed by atoms with van der Waals surface area (Å²) in [4.78, 5) is 9.83. The van der Waals surface area contributed by atoms with E-state index in [0.29, 0.717) is 13.1 Å². The molecule has 166 valence electrons. The minimum atomic E-state index is -4.60. The van der Waals surface area contributed by atoms with E-state index in [-0.39, 0.29) is 22.9 Å². The van der Waals surface area contributed by atoms with E-state index in [4.69, 9.17) is 12.2 Å². The Morgan fingerprint density at radius 3 is 2.44 bits per heavy atom. The fourth-order valence-electron chi connectivity index (χ4n) is 3.65. The molecule has 3 aromatic rings. The Morgan fingerprint density at radius 1 is 1.03 bits per heavy atom. The minimum Gasteiger partial charge on any atom is -0.356 e. The summed E-state index contributed by atoms with van der Waals surface area (Å²) in [5.74, 6) is 0.0229. The number of thiocarbonyl (C=S) groups is 1. The van der Waals surface area contributed by atoms with Crippen LogP contribution in [0.3, 0.4) is 0 Å². The molecular weight excluding hydrogens is 435 g/mol. The second-order valence-electron chi connectivity index (χ2n) is 7.60. The molecule has 0 bridgehead atoms. The van der Waals surface area contributed by atoms with Gasteiger partial charge in [0.2, 0.25) is 5.95 Å².